The molecule has 24 heavy (non-hydrogen) atoms. The number of carbonyl (C=O) groups excluding carboxylic acids is 1. The van der Waals surface area contributed by atoms with E-state index in [-0.39, 0.29) is 11.9 Å². The average Bonchev–Trinajstić information content (AvgIpc) is 3.38. The SMILES string of the molecule is Cc1cc(C(=O)N(C)C(CN)C2CC2)c(C)n1Cc1ccncc1. The van der Waals surface area contributed by atoms with Crippen molar-refractivity contribution in [1.82, 2.24) is 14.5 Å². The number of nitrogens with zero attached hydrogens (tertiary/aromatic N) is 3. The van der Waals surface area contributed by atoms with Gasteiger partial charge in [0, 0.05) is 50.0 Å². The van der Waals surface area contributed by atoms with E-state index >= 15 is 0 Å². The highest BCUT2D eigenvalue weighted by molar-refractivity contribution is 5.95. The Hall–Kier alpha value is -2.14. The summed E-state index contributed by atoms with van der Waals surface area (Å²) in [7, 11) is 1.88. The molecule has 5 nitrogen and oxygen atoms in total. The van der Waals surface area contributed by atoms with Crippen LogP contribution in [0.2, 0.25) is 0 Å². The summed E-state index contributed by atoms with van der Waals surface area (Å²) in [5.74, 6) is 0.649. The molecule has 0 bridgehead atoms. The van der Waals surface area contributed by atoms with E-state index in [9.17, 15) is 4.79 Å². The first kappa shape index (κ1) is 16.7. The molecule has 5 heteroatoms. The second-order valence-electron chi connectivity index (χ2n) is 6.78. The monoisotopic (exact) mass is 326 g/mol. The molecule has 128 valence electrons. The summed E-state index contributed by atoms with van der Waals surface area (Å²) in [6, 6.07) is 6.16. The zero-order valence-electron chi connectivity index (χ0n) is 14.7. The quantitative estimate of drug-likeness (QED) is 0.886. The lowest BCUT2D eigenvalue weighted by molar-refractivity contribution is 0.0718. The Kier molecular flexibility index (Phi) is 4.71. The van der Waals surface area contributed by atoms with Crippen molar-refractivity contribution >= 4 is 5.91 Å². The molecule has 1 aliphatic rings. The summed E-state index contributed by atoms with van der Waals surface area (Å²) in [5.41, 5.74) is 9.96. The first-order valence-electron chi connectivity index (χ1n) is 8.55. The van der Waals surface area contributed by atoms with E-state index in [1.807, 2.05) is 44.0 Å². The maximum absolute atomic E-state index is 13.0. The Labute approximate surface area is 143 Å². The predicted octanol–water partition coefficient (Wildman–Crippen LogP) is 2.36. The van der Waals surface area contributed by atoms with E-state index in [0.29, 0.717) is 12.5 Å². The second-order valence-corrected chi connectivity index (χ2v) is 6.78. The minimum absolute atomic E-state index is 0.0754. The van der Waals surface area contributed by atoms with Crippen molar-refractivity contribution in [2.24, 2.45) is 11.7 Å². The number of carbonyl (C=O) groups is 1. The molecule has 1 fully saturated rings. The van der Waals surface area contributed by atoms with Crippen molar-refractivity contribution in [3.05, 3.63) is 53.1 Å². The highest BCUT2D eigenvalue weighted by atomic mass is 16.2. The smallest absolute Gasteiger partial charge is 0.255 e. The molecular weight excluding hydrogens is 300 g/mol. The van der Waals surface area contributed by atoms with Crippen LogP contribution in [0, 0.1) is 19.8 Å². The fraction of sp³-hybridized carbons (Fsp3) is 0.474. The molecule has 2 heterocycles. The average molecular weight is 326 g/mol. The number of hydrogen-bond donors (Lipinski definition) is 1. The standard InChI is InChI=1S/C19H26N4O/c1-13-10-17(19(24)22(3)18(11-20)16-4-5-16)14(2)23(13)12-15-6-8-21-9-7-15/h6-10,16,18H,4-5,11-12,20H2,1-3H3. The lowest BCUT2D eigenvalue weighted by atomic mass is 10.1. The van der Waals surface area contributed by atoms with Crippen molar-refractivity contribution < 1.29 is 4.79 Å². The molecule has 0 aromatic carbocycles. The van der Waals surface area contributed by atoms with Gasteiger partial charge in [0.1, 0.15) is 0 Å². The molecule has 3 rings (SSSR count). The summed E-state index contributed by atoms with van der Waals surface area (Å²) in [6.45, 7) is 5.35. The van der Waals surface area contributed by atoms with Gasteiger partial charge in [-0.2, -0.15) is 0 Å². The normalized spacial score (nSPS) is 15.3. The Balaban J connectivity index is 1.83. The van der Waals surface area contributed by atoms with Gasteiger partial charge in [-0.3, -0.25) is 9.78 Å². The summed E-state index contributed by atoms with van der Waals surface area (Å²) >= 11 is 0. The van der Waals surface area contributed by atoms with Crippen LogP contribution in [0.15, 0.2) is 30.6 Å². The van der Waals surface area contributed by atoms with Crippen molar-refractivity contribution in [1.29, 1.82) is 0 Å². The molecule has 1 aliphatic carbocycles. The number of amides is 1. The van der Waals surface area contributed by atoms with Gasteiger partial charge in [-0.15, -0.1) is 0 Å². The van der Waals surface area contributed by atoms with Crippen molar-refractivity contribution in [2.75, 3.05) is 13.6 Å². The van der Waals surface area contributed by atoms with Crippen LogP contribution in [0.25, 0.3) is 0 Å². The number of aromatic nitrogens is 2. The number of pyridine rings is 1. The first-order valence-corrected chi connectivity index (χ1v) is 8.55. The van der Waals surface area contributed by atoms with E-state index in [1.54, 1.807) is 12.4 Å². The van der Waals surface area contributed by atoms with Gasteiger partial charge >= 0.3 is 0 Å². The first-order chi connectivity index (χ1) is 11.5. The van der Waals surface area contributed by atoms with Gasteiger partial charge in [-0.1, -0.05) is 0 Å². The number of hydrogen-bond acceptors (Lipinski definition) is 3. The Morgan fingerprint density at radius 2 is 2.04 bits per heavy atom. The van der Waals surface area contributed by atoms with Gasteiger partial charge in [-0.25, -0.2) is 0 Å². The molecule has 2 aromatic heterocycles. The molecule has 0 aliphatic heterocycles. The zero-order chi connectivity index (χ0) is 17.3. The van der Waals surface area contributed by atoms with Crippen molar-refractivity contribution in [2.45, 2.75) is 39.3 Å². The zero-order valence-corrected chi connectivity index (χ0v) is 14.7. The van der Waals surface area contributed by atoms with Crippen LogP contribution < -0.4 is 5.73 Å². The van der Waals surface area contributed by atoms with Crippen LogP contribution in [0.5, 0.6) is 0 Å². The molecule has 0 spiro atoms. The molecule has 2 N–H and O–H groups in total. The minimum atomic E-state index is 0.0754. The van der Waals surface area contributed by atoms with E-state index in [1.165, 1.54) is 18.4 Å². The van der Waals surface area contributed by atoms with Crippen LogP contribution in [-0.2, 0) is 6.54 Å². The summed E-state index contributed by atoms with van der Waals surface area (Å²) < 4.78 is 2.19. The molecule has 1 atom stereocenters. The summed E-state index contributed by atoms with van der Waals surface area (Å²) in [6.07, 6.45) is 5.96. The van der Waals surface area contributed by atoms with E-state index < -0.39 is 0 Å². The summed E-state index contributed by atoms with van der Waals surface area (Å²) in [5, 5.41) is 0. The third kappa shape index (κ3) is 3.22. The number of likely N-dealkylation sites (N-methyl/N-ethyl adjacent to an activating group) is 1. The van der Waals surface area contributed by atoms with Gasteiger partial charge in [0.2, 0.25) is 0 Å². The van der Waals surface area contributed by atoms with Gasteiger partial charge in [-0.05, 0) is 56.4 Å². The number of nitrogens with two attached hydrogens (primary N) is 1. The largest absolute Gasteiger partial charge is 0.344 e. The Bertz CT molecular complexity index is 718. The highest BCUT2D eigenvalue weighted by Gasteiger charge is 2.35. The van der Waals surface area contributed by atoms with Gasteiger partial charge < -0.3 is 15.2 Å². The van der Waals surface area contributed by atoms with Crippen molar-refractivity contribution in [3.8, 4) is 0 Å². The molecule has 1 saturated carbocycles. The number of aryl methyl sites for hydroxylation is 1. The van der Waals surface area contributed by atoms with Gasteiger partial charge in [0.15, 0.2) is 0 Å². The maximum Gasteiger partial charge on any atom is 0.255 e. The lowest BCUT2D eigenvalue weighted by Crippen LogP contribution is -2.43. The molecule has 0 radical (unpaired) electrons. The molecule has 1 unspecified atom stereocenters. The summed E-state index contributed by atoms with van der Waals surface area (Å²) in [4.78, 5) is 18.9. The van der Waals surface area contributed by atoms with E-state index in [0.717, 1.165) is 23.5 Å². The predicted molar refractivity (Wildman–Crippen MR) is 94.9 cm³/mol. The van der Waals surface area contributed by atoms with Crippen LogP contribution in [-0.4, -0.2) is 40.0 Å². The number of rotatable bonds is 6. The van der Waals surface area contributed by atoms with Crippen LogP contribution in [0.1, 0.15) is 40.2 Å². The third-order valence-electron chi connectivity index (χ3n) is 5.12. The van der Waals surface area contributed by atoms with Gasteiger partial charge in [0.05, 0.1) is 5.56 Å². The van der Waals surface area contributed by atoms with Gasteiger partial charge in [0.25, 0.3) is 5.91 Å². The van der Waals surface area contributed by atoms with Crippen LogP contribution in [0.4, 0.5) is 0 Å². The third-order valence-corrected chi connectivity index (χ3v) is 5.12. The lowest BCUT2D eigenvalue weighted by Gasteiger charge is -2.27. The second kappa shape index (κ2) is 6.77. The van der Waals surface area contributed by atoms with Crippen molar-refractivity contribution in [3.63, 3.8) is 0 Å². The van der Waals surface area contributed by atoms with Crippen LogP contribution >= 0.6 is 0 Å². The Morgan fingerprint density at radius 3 is 2.62 bits per heavy atom. The molecular formula is C19H26N4O. The molecule has 1 amide bonds. The Morgan fingerprint density at radius 1 is 1.38 bits per heavy atom. The molecule has 2 aromatic rings. The fourth-order valence-corrected chi connectivity index (χ4v) is 3.42. The van der Waals surface area contributed by atoms with E-state index in [2.05, 4.69) is 9.55 Å². The topological polar surface area (TPSA) is 64.2 Å². The maximum atomic E-state index is 13.0. The highest BCUT2D eigenvalue weighted by Crippen LogP contribution is 2.35. The van der Waals surface area contributed by atoms with E-state index in [4.69, 9.17) is 5.73 Å². The molecule has 0 saturated heterocycles. The van der Waals surface area contributed by atoms with Crippen LogP contribution in [0.3, 0.4) is 0 Å². The fourth-order valence-electron chi connectivity index (χ4n) is 3.42. The minimum Gasteiger partial charge on any atom is -0.344 e.